The fourth-order valence-electron chi connectivity index (χ4n) is 2.54. The van der Waals surface area contributed by atoms with Crippen LogP contribution in [-0.4, -0.2) is 29.9 Å². The number of rotatable bonds is 6. The van der Waals surface area contributed by atoms with Gasteiger partial charge in [0.25, 0.3) is 5.69 Å². The van der Waals surface area contributed by atoms with Crippen molar-refractivity contribution in [2.24, 2.45) is 0 Å². The van der Waals surface area contributed by atoms with Crippen LogP contribution in [0.15, 0.2) is 6.07 Å². The summed E-state index contributed by atoms with van der Waals surface area (Å²) in [5.74, 6) is -0.634. The highest BCUT2D eigenvalue weighted by atomic mass is 16.6. The van der Waals surface area contributed by atoms with Crippen LogP contribution in [-0.2, 0) is 25.5 Å². The summed E-state index contributed by atoms with van der Waals surface area (Å²) in [6.07, 6.45) is -0.526. The van der Waals surface area contributed by atoms with Crippen LogP contribution < -0.4 is 0 Å². The lowest BCUT2D eigenvalue weighted by atomic mass is 9.92. The zero-order chi connectivity index (χ0) is 18.7. The Hall–Kier alpha value is -2.28. The van der Waals surface area contributed by atoms with Crippen LogP contribution in [0.25, 0.3) is 0 Å². The van der Waals surface area contributed by atoms with E-state index in [1.54, 1.807) is 40.7 Å². The SMILES string of the molecule is COC(=O)[C@@H](OC(C)(C)C)c1cc(C)c(CC=O)c([N+](=O)[O-])c1C. The molecule has 132 valence electrons. The Kier molecular flexibility index (Phi) is 6.20. The van der Waals surface area contributed by atoms with Crippen molar-refractivity contribution in [1.29, 1.82) is 0 Å². The van der Waals surface area contributed by atoms with Gasteiger partial charge < -0.3 is 14.3 Å². The molecule has 1 atom stereocenters. The predicted octanol–water partition coefficient (Wildman–Crippen LogP) is 2.98. The Morgan fingerprint density at radius 2 is 1.96 bits per heavy atom. The minimum atomic E-state index is -1.09. The number of carbonyl (C=O) groups is 2. The molecule has 24 heavy (non-hydrogen) atoms. The number of hydrogen-bond donors (Lipinski definition) is 0. The van der Waals surface area contributed by atoms with Crippen molar-refractivity contribution in [2.75, 3.05) is 7.11 Å². The summed E-state index contributed by atoms with van der Waals surface area (Å²) in [5.41, 5.74) is 0.743. The van der Waals surface area contributed by atoms with Gasteiger partial charge in [-0.15, -0.1) is 0 Å². The van der Waals surface area contributed by atoms with Gasteiger partial charge in [-0.3, -0.25) is 10.1 Å². The number of nitro benzene ring substituents is 1. The Labute approximate surface area is 141 Å². The molecule has 0 unspecified atom stereocenters. The van der Waals surface area contributed by atoms with Crippen molar-refractivity contribution in [1.82, 2.24) is 0 Å². The number of nitro groups is 1. The second-order valence-electron chi connectivity index (χ2n) is 6.50. The summed E-state index contributed by atoms with van der Waals surface area (Å²) >= 11 is 0. The molecule has 0 radical (unpaired) electrons. The zero-order valence-electron chi connectivity index (χ0n) is 14.8. The van der Waals surface area contributed by atoms with E-state index < -0.39 is 22.6 Å². The molecule has 1 aromatic carbocycles. The molecule has 0 fully saturated rings. The monoisotopic (exact) mass is 337 g/mol. The number of esters is 1. The molecule has 0 amide bonds. The lowest BCUT2D eigenvalue weighted by molar-refractivity contribution is -0.386. The summed E-state index contributed by atoms with van der Waals surface area (Å²) in [6.45, 7) is 8.55. The van der Waals surface area contributed by atoms with E-state index in [-0.39, 0.29) is 12.1 Å². The van der Waals surface area contributed by atoms with Gasteiger partial charge in [0.1, 0.15) is 6.29 Å². The number of hydrogen-bond acceptors (Lipinski definition) is 6. The van der Waals surface area contributed by atoms with Gasteiger partial charge in [-0.05, 0) is 40.2 Å². The molecule has 1 aromatic rings. The third kappa shape index (κ3) is 4.38. The first-order chi connectivity index (χ1) is 11.0. The fraction of sp³-hybridized carbons (Fsp3) is 0.529. The molecule has 0 saturated carbocycles. The maximum Gasteiger partial charge on any atom is 0.339 e. The fourth-order valence-corrected chi connectivity index (χ4v) is 2.54. The lowest BCUT2D eigenvalue weighted by Gasteiger charge is -2.27. The number of ether oxygens (including phenoxy) is 2. The second kappa shape index (κ2) is 7.53. The summed E-state index contributed by atoms with van der Waals surface area (Å²) in [6, 6.07) is 1.65. The standard InChI is InChI=1S/C17H23NO6/c1-10-9-13(15(16(20)23-6)24-17(3,4)5)11(2)14(18(21)22)12(10)7-8-19/h8-9,15H,7H2,1-6H3/t15-/m0/s1. The van der Waals surface area contributed by atoms with Crippen LogP contribution >= 0.6 is 0 Å². The van der Waals surface area contributed by atoms with Gasteiger partial charge in [0.15, 0.2) is 6.10 Å². The minimum absolute atomic E-state index is 0.0632. The molecule has 0 N–H and O–H groups in total. The van der Waals surface area contributed by atoms with E-state index in [2.05, 4.69) is 0 Å². The first-order valence-electron chi connectivity index (χ1n) is 7.50. The molecule has 0 spiro atoms. The quantitative estimate of drug-likeness (QED) is 0.343. The van der Waals surface area contributed by atoms with Crippen LogP contribution in [0.3, 0.4) is 0 Å². The highest BCUT2D eigenvalue weighted by Gasteiger charge is 2.33. The van der Waals surface area contributed by atoms with Crippen molar-refractivity contribution in [3.05, 3.63) is 38.4 Å². The first kappa shape index (κ1) is 19.8. The number of nitrogens with zero attached hydrogens (tertiary/aromatic N) is 1. The third-order valence-corrected chi connectivity index (χ3v) is 3.56. The molecule has 7 heteroatoms. The molecule has 0 aliphatic heterocycles. The van der Waals surface area contributed by atoms with Gasteiger partial charge in [0.2, 0.25) is 0 Å². The molecule has 1 rings (SSSR count). The van der Waals surface area contributed by atoms with E-state index in [1.807, 2.05) is 0 Å². The highest BCUT2D eigenvalue weighted by Crippen LogP contribution is 2.36. The lowest BCUT2D eigenvalue weighted by Crippen LogP contribution is -2.29. The molecule has 0 aliphatic rings. The van der Waals surface area contributed by atoms with Crippen molar-refractivity contribution in [2.45, 2.75) is 52.7 Å². The van der Waals surface area contributed by atoms with Gasteiger partial charge in [-0.1, -0.05) is 6.07 Å². The average Bonchev–Trinajstić information content (AvgIpc) is 2.46. The Morgan fingerprint density at radius 3 is 2.38 bits per heavy atom. The smallest absolute Gasteiger partial charge is 0.339 e. The molecule has 0 aliphatic carbocycles. The van der Waals surface area contributed by atoms with E-state index in [0.717, 1.165) is 0 Å². The van der Waals surface area contributed by atoms with Crippen LogP contribution in [0.4, 0.5) is 5.69 Å². The molecule has 0 aromatic heterocycles. The summed E-state index contributed by atoms with van der Waals surface area (Å²) < 4.78 is 10.6. The Morgan fingerprint density at radius 1 is 1.38 bits per heavy atom. The Bertz CT molecular complexity index is 660. The summed E-state index contributed by atoms with van der Waals surface area (Å²) in [4.78, 5) is 34.0. The van der Waals surface area contributed by atoms with Gasteiger partial charge in [0, 0.05) is 23.1 Å². The summed E-state index contributed by atoms with van der Waals surface area (Å²) in [7, 11) is 1.23. The first-order valence-corrected chi connectivity index (χ1v) is 7.50. The van der Waals surface area contributed by atoms with Crippen LogP contribution in [0.1, 0.15) is 49.1 Å². The third-order valence-electron chi connectivity index (χ3n) is 3.56. The Balaban J connectivity index is 3.63. The van der Waals surface area contributed by atoms with E-state index in [9.17, 15) is 19.7 Å². The molecular formula is C17H23NO6. The normalized spacial score (nSPS) is 12.6. The van der Waals surface area contributed by atoms with Crippen LogP contribution in [0.5, 0.6) is 0 Å². The second-order valence-corrected chi connectivity index (χ2v) is 6.50. The van der Waals surface area contributed by atoms with Crippen LogP contribution in [0.2, 0.25) is 0 Å². The van der Waals surface area contributed by atoms with E-state index >= 15 is 0 Å². The molecule has 7 nitrogen and oxygen atoms in total. The topological polar surface area (TPSA) is 95.7 Å². The zero-order valence-corrected chi connectivity index (χ0v) is 14.8. The molecule has 0 heterocycles. The van der Waals surface area contributed by atoms with Crippen molar-refractivity contribution in [3.8, 4) is 0 Å². The molecule has 0 bridgehead atoms. The van der Waals surface area contributed by atoms with E-state index in [1.165, 1.54) is 7.11 Å². The molecular weight excluding hydrogens is 314 g/mol. The molecule has 0 saturated heterocycles. The largest absolute Gasteiger partial charge is 0.467 e. The number of benzene rings is 1. The van der Waals surface area contributed by atoms with Gasteiger partial charge in [-0.25, -0.2) is 4.79 Å². The highest BCUT2D eigenvalue weighted by molar-refractivity contribution is 5.78. The number of carbonyl (C=O) groups excluding carboxylic acids is 2. The van der Waals surface area contributed by atoms with E-state index in [4.69, 9.17) is 9.47 Å². The number of aryl methyl sites for hydroxylation is 1. The van der Waals surface area contributed by atoms with Gasteiger partial charge in [-0.2, -0.15) is 0 Å². The predicted molar refractivity (Wildman–Crippen MR) is 87.9 cm³/mol. The number of methoxy groups -OCH3 is 1. The van der Waals surface area contributed by atoms with Crippen molar-refractivity contribution in [3.63, 3.8) is 0 Å². The van der Waals surface area contributed by atoms with Crippen LogP contribution in [0, 0.1) is 24.0 Å². The van der Waals surface area contributed by atoms with Gasteiger partial charge in [0.05, 0.1) is 17.6 Å². The minimum Gasteiger partial charge on any atom is -0.467 e. The number of aldehydes is 1. The van der Waals surface area contributed by atoms with Crippen molar-refractivity contribution < 1.29 is 24.0 Å². The maximum atomic E-state index is 12.2. The van der Waals surface area contributed by atoms with E-state index in [0.29, 0.717) is 28.5 Å². The van der Waals surface area contributed by atoms with Gasteiger partial charge >= 0.3 is 5.97 Å². The maximum absolute atomic E-state index is 12.2. The summed E-state index contributed by atoms with van der Waals surface area (Å²) in [5, 5.41) is 11.5. The van der Waals surface area contributed by atoms with Crippen molar-refractivity contribution >= 4 is 17.9 Å². The average molecular weight is 337 g/mol.